The minimum atomic E-state index is -0.645. The van der Waals surface area contributed by atoms with E-state index in [0.717, 1.165) is 68.9 Å². The van der Waals surface area contributed by atoms with Crippen LogP contribution in [0, 0.1) is 0 Å². The zero-order valence-electron chi connectivity index (χ0n) is 17.0. The topological polar surface area (TPSA) is 75.5 Å². The second-order valence-electron chi connectivity index (χ2n) is 7.82. The maximum atomic E-state index is 12.4. The Kier molecular flexibility index (Phi) is 6.56. The van der Waals surface area contributed by atoms with E-state index < -0.39 is 12.1 Å². The van der Waals surface area contributed by atoms with Crippen molar-refractivity contribution >= 4 is 5.97 Å². The summed E-state index contributed by atoms with van der Waals surface area (Å²) in [6.45, 7) is 3.83. The van der Waals surface area contributed by atoms with E-state index in [-0.39, 0.29) is 6.10 Å². The van der Waals surface area contributed by atoms with Crippen molar-refractivity contribution in [3.05, 3.63) is 30.1 Å². The first-order valence-electron chi connectivity index (χ1n) is 10.7. The van der Waals surface area contributed by atoms with Crippen LogP contribution in [0.15, 0.2) is 24.3 Å². The van der Waals surface area contributed by atoms with Gasteiger partial charge in [-0.2, -0.15) is 0 Å². The van der Waals surface area contributed by atoms with Crippen molar-refractivity contribution in [1.29, 1.82) is 0 Å². The Balaban J connectivity index is 1.38. The Morgan fingerprint density at radius 3 is 3.03 bits per heavy atom. The molecule has 7 heteroatoms. The third-order valence-electron chi connectivity index (χ3n) is 5.56. The summed E-state index contributed by atoms with van der Waals surface area (Å²) in [5.74, 6) is 1.95. The smallest absolute Gasteiger partial charge is 0.340 e. The summed E-state index contributed by atoms with van der Waals surface area (Å²) in [7, 11) is 0. The third kappa shape index (κ3) is 5.03. The number of fused-ring (bicyclic) bond motifs is 1. The van der Waals surface area contributed by atoms with Gasteiger partial charge in [0.2, 0.25) is 0 Å². The molecule has 1 aromatic carbocycles. The largest absolute Gasteiger partial charge is 0.425 e. The van der Waals surface area contributed by atoms with E-state index in [1.165, 1.54) is 6.42 Å². The van der Waals surface area contributed by atoms with Crippen LogP contribution in [0.3, 0.4) is 0 Å². The highest BCUT2D eigenvalue weighted by atomic mass is 16.6. The normalized spacial score (nSPS) is 20.5. The van der Waals surface area contributed by atoms with Crippen LogP contribution in [0.1, 0.15) is 51.3 Å². The minimum absolute atomic E-state index is 0.0746. The summed E-state index contributed by atoms with van der Waals surface area (Å²) in [5, 5.41) is 8.73. The number of nitrogens with zero attached hydrogens (tertiary/aromatic N) is 3. The maximum absolute atomic E-state index is 12.4. The Morgan fingerprint density at radius 2 is 2.17 bits per heavy atom. The highest BCUT2D eigenvalue weighted by Gasteiger charge is 2.21. The number of ether oxygens (including phenoxy) is 3. The van der Waals surface area contributed by atoms with Gasteiger partial charge in [0.05, 0.1) is 12.7 Å². The van der Waals surface area contributed by atoms with Crippen molar-refractivity contribution in [2.24, 2.45) is 0 Å². The number of rotatable bonds is 6. The molecule has 0 N–H and O–H groups in total. The number of hydrogen-bond donors (Lipinski definition) is 0. The first kappa shape index (κ1) is 20.0. The molecule has 0 saturated carbocycles. The van der Waals surface area contributed by atoms with Crippen molar-refractivity contribution in [2.75, 3.05) is 13.2 Å². The first-order valence-corrected chi connectivity index (χ1v) is 10.7. The fourth-order valence-corrected chi connectivity index (χ4v) is 3.85. The van der Waals surface area contributed by atoms with Gasteiger partial charge in [-0.3, -0.25) is 0 Å². The van der Waals surface area contributed by atoms with Crippen LogP contribution in [-0.2, 0) is 27.2 Å². The average molecular weight is 399 g/mol. The molecule has 3 heterocycles. The highest BCUT2D eigenvalue weighted by molar-refractivity contribution is 5.77. The predicted octanol–water partition coefficient (Wildman–Crippen LogP) is 3.55. The molecule has 2 aliphatic rings. The SMILES string of the molecule is CC(OCC1CCCCO1)C(=O)Oc1cccc(-c2nnc3n2CCCCC3)c1. The molecule has 1 saturated heterocycles. The summed E-state index contributed by atoms with van der Waals surface area (Å²) in [4.78, 5) is 12.4. The van der Waals surface area contributed by atoms with Gasteiger partial charge in [-0.1, -0.05) is 18.6 Å². The molecule has 156 valence electrons. The van der Waals surface area contributed by atoms with Gasteiger partial charge >= 0.3 is 5.97 Å². The van der Waals surface area contributed by atoms with Crippen LogP contribution in [0.25, 0.3) is 11.4 Å². The Bertz CT molecular complexity index is 829. The van der Waals surface area contributed by atoms with E-state index in [4.69, 9.17) is 14.2 Å². The van der Waals surface area contributed by atoms with E-state index in [1.54, 1.807) is 13.0 Å². The first-order chi connectivity index (χ1) is 14.2. The summed E-state index contributed by atoms with van der Waals surface area (Å²) in [5.41, 5.74) is 0.903. The van der Waals surface area contributed by atoms with Crippen molar-refractivity contribution in [2.45, 2.75) is 70.6 Å². The summed E-state index contributed by atoms with van der Waals surface area (Å²) < 4.78 is 19.1. The third-order valence-corrected chi connectivity index (χ3v) is 5.56. The molecular formula is C22H29N3O4. The van der Waals surface area contributed by atoms with Crippen molar-refractivity contribution < 1.29 is 19.0 Å². The number of aryl methyl sites for hydroxylation is 1. The minimum Gasteiger partial charge on any atom is -0.425 e. The van der Waals surface area contributed by atoms with Crippen molar-refractivity contribution in [3.63, 3.8) is 0 Å². The van der Waals surface area contributed by atoms with E-state index in [9.17, 15) is 4.79 Å². The van der Waals surface area contributed by atoms with Crippen LogP contribution in [-0.4, -0.2) is 46.2 Å². The van der Waals surface area contributed by atoms with Crippen molar-refractivity contribution in [3.8, 4) is 17.1 Å². The van der Waals surface area contributed by atoms with E-state index in [2.05, 4.69) is 14.8 Å². The predicted molar refractivity (Wildman–Crippen MR) is 108 cm³/mol. The Labute approximate surface area is 171 Å². The molecule has 7 nitrogen and oxygen atoms in total. The van der Waals surface area contributed by atoms with Crippen LogP contribution in [0.2, 0.25) is 0 Å². The van der Waals surface area contributed by atoms with Crippen LogP contribution >= 0.6 is 0 Å². The lowest BCUT2D eigenvalue weighted by molar-refractivity contribution is -0.149. The second-order valence-corrected chi connectivity index (χ2v) is 7.82. The van der Waals surface area contributed by atoms with Gasteiger partial charge in [-0.25, -0.2) is 4.79 Å². The molecule has 2 aliphatic heterocycles. The lowest BCUT2D eigenvalue weighted by Gasteiger charge is -2.23. The molecule has 29 heavy (non-hydrogen) atoms. The van der Waals surface area contributed by atoms with Gasteiger partial charge in [0, 0.05) is 25.1 Å². The molecular weight excluding hydrogens is 370 g/mol. The van der Waals surface area contributed by atoms with E-state index in [1.807, 2.05) is 18.2 Å². The van der Waals surface area contributed by atoms with Gasteiger partial charge in [0.15, 0.2) is 11.9 Å². The number of benzene rings is 1. The number of hydrogen-bond acceptors (Lipinski definition) is 6. The fraction of sp³-hybridized carbons (Fsp3) is 0.591. The van der Waals surface area contributed by atoms with Gasteiger partial charge in [0.1, 0.15) is 11.6 Å². The van der Waals surface area contributed by atoms with Crippen LogP contribution < -0.4 is 4.74 Å². The number of esters is 1. The standard InChI is InChI=1S/C22H29N3O4/c1-16(28-15-19-9-4-6-13-27-19)22(26)29-18-10-7-8-17(14-18)21-24-23-20-11-3-2-5-12-25(20)21/h7-8,10,14,16,19H,2-6,9,11-13,15H2,1H3. The fourth-order valence-electron chi connectivity index (χ4n) is 3.85. The van der Waals surface area contributed by atoms with Gasteiger partial charge in [-0.05, 0) is 51.2 Å². The Hall–Kier alpha value is -2.25. The quantitative estimate of drug-likeness (QED) is 0.546. The number of carbonyl (C=O) groups excluding carboxylic acids is 1. The second kappa shape index (κ2) is 9.50. The molecule has 0 bridgehead atoms. The molecule has 1 fully saturated rings. The van der Waals surface area contributed by atoms with Gasteiger partial charge in [0.25, 0.3) is 0 Å². The molecule has 4 rings (SSSR count). The van der Waals surface area contributed by atoms with Gasteiger partial charge in [-0.15, -0.1) is 10.2 Å². The van der Waals surface area contributed by atoms with Crippen LogP contribution in [0.5, 0.6) is 5.75 Å². The number of carbonyl (C=O) groups is 1. The van der Waals surface area contributed by atoms with Gasteiger partial charge < -0.3 is 18.8 Å². The lowest BCUT2D eigenvalue weighted by atomic mass is 10.1. The molecule has 0 spiro atoms. The highest BCUT2D eigenvalue weighted by Crippen LogP contribution is 2.26. The molecule has 2 atom stereocenters. The molecule has 0 aliphatic carbocycles. The van der Waals surface area contributed by atoms with Crippen molar-refractivity contribution in [1.82, 2.24) is 14.8 Å². The van der Waals surface area contributed by atoms with E-state index in [0.29, 0.717) is 12.4 Å². The lowest BCUT2D eigenvalue weighted by Crippen LogP contribution is -2.31. The summed E-state index contributed by atoms with van der Waals surface area (Å²) in [6.07, 6.45) is 7.11. The summed E-state index contributed by atoms with van der Waals surface area (Å²) in [6, 6.07) is 7.46. The maximum Gasteiger partial charge on any atom is 0.340 e. The average Bonchev–Trinajstić information content (AvgIpc) is 3.01. The monoisotopic (exact) mass is 399 g/mol. The van der Waals surface area contributed by atoms with Crippen LogP contribution in [0.4, 0.5) is 0 Å². The number of aromatic nitrogens is 3. The Morgan fingerprint density at radius 1 is 1.24 bits per heavy atom. The molecule has 2 unspecified atom stereocenters. The zero-order chi connectivity index (χ0) is 20.1. The molecule has 2 aromatic rings. The molecule has 1 aromatic heterocycles. The van der Waals surface area contributed by atoms with E-state index >= 15 is 0 Å². The molecule has 0 amide bonds. The summed E-state index contributed by atoms with van der Waals surface area (Å²) >= 11 is 0. The zero-order valence-corrected chi connectivity index (χ0v) is 17.0. The molecule has 0 radical (unpaired) electrons.